The summed E-state index contributed by atoms with van der Waals surface area (Å²) in [4.78, 5) is 22.2. The number of carbonyl (C=O) groups is 1. The summed E-state index contributed by atoms with van der Waals surface area (Å²) in [6, 6.07) is 19.0. The molecule has 0 fully saturated rings. The van der Waals surface area contributed by atoms with Gasteiger partial charge in [-0.15, -0.1) is 11.3 Å². The fourth-order valence-corrected chi connectivity index (χ4v) is 3.26. The molecule has 126 valence electrons. The van der Waals surface area contributed by atoms with E-state index in [1.807, 2.05) is 55.5 Å². The number of para-hydroxylation sites is 1. The number of aromatic nitrogens is 1. The van der Waals surface area contributed by atoms with Crippen molar-refractivity contribution in [3.05, 3.63) is 71.2 Å². The number of nitrogens with one attached hydrogen (secondary N) is 1. The molecular formula is C19H17N3O2S. The fourth-order valence-electron chi connectivity index (χ4n) is 2.25. The Hall–Kier alpha value is -2.99. The van der Waals surface area contributed by atoms with Crippen LogP contribution in [-0.2, 0) is 4.84 Å². The van der Waals surface area contributed by atoms with E-state index in [1.54, 1.807) is 19.1 Å². The van der Waals surface area contributed by atoms with Gasteiger partial charge in [-0.3, -0.25) is 10.2 Å². The van der Waals surface area contributed by atoms with E-state index in [-0.39, 0.29) is 0 Å². The average Bonchev–Trinajstić information content (AvgIpc) is 3.03. The normalized spacial score (nSPS) is 11.2. The van der Waals surface area contributed by atoms with Crippen molar-refractivity contribution in [1.82, 2.24) is 4.98 Å². The molecule has 1 aromatic heterocycles. The quantitative estimate of drug-likeness (QED) is 0.404. The average molecular weight is 351 g/mol. The maximum absolute atomic E-state index is 11.8. The Morgan fingerprint density at radius 1 is 1.08 bits per heavy atom. The molecule has 5 nitrogen and oxygen atoms in total. The van der Waals surface area contributed by atoms with Crippen molar-refractivity contribution in [2.45, 2.75) is 13.8 Å². The molecule has 6 heteroatoms. The molecule has 2 aromatic carbocycles. The summed E-state index contributed by atoms with van der Waals surface area (Å²) in [6.45, 7) is 3.71. The number of hydrogen-bond donors (Lipinski definition) is 1. The van der Waals surface area contributed by atoms with Crippen LogP contribution in [0.15, 0.2) is 65.8 Å². The van der Waals surface area contributed by atoms with Gasteiger partial charge in [0.05, 0.1) is 16.3 Å². The minimum Gasteiger partial charge on any atom is -0.297 e. The van der Waals surface area contributed by atoms with Crippen LogP contribution in [0.5, 0.6) is 0 Å². The van der Waals surface area contributed by atoms with E-state index in [2.05, 4.69) is 15.5 Å². The van der Waals surface area contributed by atoms with Crippen molar-refractivity contribution >= 4 is 28.8 Å². The summed E-state index contributed by atoms with van der Waals surface area (Å²) in [5.74, 6) is 0. The SMILES string of the molecule is C/C(=N\OC(=O)Nc1ccccc1)c1sc(-c2ccccc2)nc1C. The maximum atomic E-state index is 11.8. The highest BCUT2D eigenvalue weighted by atomic mass is 32.1. The monoisotopic (exact) mass is 351 g/mol. The van der Waals surface area contributed by atoms with Crippen LogP contribution in [0.25, 0.3) is 10.6 Å². The maximum Gasteiger partial charge on any atom is 0.437 e. The van der Waals surface area contributed by atoms with Crippen molar-refractivity contribution in [3.63, 3.8) is 0 Å². The number of hydrogen-bond acceptors (Lipinski definition) is 5. The van der Waals surface area contributed by atoms with Crippen molar-refractivity contribution in [1.29, 1.82) is 0 Å². The number of nitrogens with zero attached hydrogens (tertiary/aromatic N) is 2. The topological polar surface area (TPSA) is 63.6 Å². The van der Waals surface area contributed by atoms with E-state index in [1.165, 1.54) is 11.3 Å². The molecule has 25 heavy (non-hydrogen) atoms. The summed E-state index contributed by atoms with van der Waals surface area (Å²) in [5, 5.41) is 7.46. The Labute approximate surface area is 150 Å². The Bertz CT molecular complexity index is 890. The predicted molar refractivity (Wildman–Crippen MR) is 101 cm³/mol. The lowest BCUT2D eigenvalue weighted by atomic mass is 10.2. The van der Waals surface area contributed by atoms with Gasteiger partial charge in [-0.1, -0.05) is 53.7 Å². The number of rotatable bonds is 4. The van der Waals surface area contributed by atoms with E-state index in [9.17, 15) is 4.79 Å². The third kappa shape index (κ3) is 4.30. The highest BCUT2D eigenvalue weighted by molar-refractivity contribution is 7.17. The third-order valence-electron chi connectivity index (χ3n) is 3.43. The van der Waals surface area contributed by atoms with Gasteiger partial charge in [0.1, 0.15) is 5.01 Å². The summed E-state index contributed by atoms with van der Waals surface area (Å²) in [5.41, 5.74) is 3.18. The van der Waals surface area contributed by atoms with Crippen LogP contribution >= 0.6 is 11.3 Å². The van der Waals surface area contributed by atoms with Crippen LogP contribution in [0.4, 0.5) is 10.5 Å². The van der Waals surface area contributed by atoms with Crippen molar-refractivity contribution in [3.8, 4) is 10.6 Å². The Balaban J connectivity index is 1.70. The highest BCUT2D eigenvalue weighted by Crippen LogP contribution is 2.28. The second-order valence-electron chi connectivity index (χ2n) is 5.35. The zero-order valence-corrected chi connectivity index (χ0v) is 14.7. The molecule has 0 saturated carbocycles. The molecule has 0 aliphatic carbocycles. The largest absolute Gasteiger partial charge is 0.437 e. The molecule has 0 aliphatic rings. The molecule has 0 unspecified atom stereocenters. The van der Waals surface area contributed by atoms with Crippen LogP contribution in [0, 0.1) is 6.92 Å². The number of aryl methyl sites for hydroxylation is 1. The first-order valence-corrected chi connectivity index (χ1v) is 8.56. The van der Waals surface area contributed by atoms with Gasteiger partial charge in [0.25, 0.3) is 0 Å². The van der Waals surface area contributed by atoms with E-state index < -0.39 is 6.09 Å². The molecule has 0 aliphatic heterocycles. The van der Waals surface area contributed by atoms with Gasteiger partial charge in [0.15, 0.2) is 0 Å². The zero-order valence-electron chi connectivity index (χ0n) is 13.9. The third-order valence-corrected chi connectivity index (χ3v) is 4.75. The van der Waals surface area contributed by atoms with Crippen molar-refractivity contribution in [2.75, 3.05) is 5.32 Å². The van der Waals surface area contributed by atoms with Crippen LogP contribution in [0.3, 0.4) is 0 Å². The van der Waals surface area contributed by atoms with Crippen molar-refractivity contribution in [2.24, 2.45) is 5.16 Å². The number of benzene rings is 2. The Morgan fingerprint density at radius 3 is 2.40 bits per heavy atom. The van der Waals surface area contributed by atoms with Gasteiger partial charge in [0.2, 0.25) is 0 Å². The number of thiazole rings is 1. The van der Waals surface area contributed by atoms with E-state index >= 15 is 0 Å². The lowest BCUT2D eigenvalue weighted by Crippen LogP contribution is -2.11. The zero-order chi connectivity index (χ0) is 17.6. The van der Waals surface area contributed by atoms with Gasteiger partial charge >= 0.3 is 6.09 Å². The molecule has 3 aromatic rings. The molecular weight excluding hydrogens is 334 g/mol. The minimum absolute atomic E-state index is 0.611. The van der Waals surface area contributed by atoms with Gasteiger partial charge < -0.3 is 0 Å². The summed E-state index contributed by atoms with van der Waals surface area (Å²) < 4.78 is 0. The first-order valence-electron chi connectivity index (χ1n) is 7.74. The van der Waals surface area contributed by atoms with E-state index in [0.717, 1.165) is 21.1 Å². The van der Waals surface area contributed by atoms with Gasteiger partial charge in [0, 0.05) is 11.3 Å². The molecule has 0 bridgehead atoms. The smallest absolute Gasteiger partial charge is 0.297 e. The highest BCUT2D eigenvalue weighted by Gasteiger charge is 2.13. The standard InChI is InChI=1S/C19H17N3O2S/c1-13-17(25-18(20-13)15-9-5-3-6-10-15)14(2)22-24-19(23)21-16-11-7-4-8-12-16/h3-12H,1-2H3,(H,21,23)/b22-14+. The van der Waals surface area contributed by atoms with Crippen LogP contribution in [-0.4, -0.2) is 16.8 Å². The second kappa shape index (κ2) is 7.72. The first-order chi connectivity index (χ1) is 12.1. The van der Waals surface area contributed by atoms with E-state index in [4.69, 9.17) is 4.84 Å². The first kappa shape index (κ1) is 16.9. The summed E-state index contributed by atoms with van der Waals surface area (Å²) in [6.07, 6.45) is -0.629. The molecule has 1 heterocycles. The molecule has 0 saturated heterocycles. The van der Waals surface area contributed by atoms with Crippen LogP contribution in [0.2, 0.25) is 0 Å². The minimum atomic E-state index is -0.629. The molecule has 0 spiro atoms. The molecule has 3 rings (SSSR count). The number of carbonyl (C=O) groups excluding carboxylic acids is 1. The molecule has 1 amide bonds. The van der Waals surface area contributed by atoms with Crippen molar-refractivity contribution < 1.29 is 9.63 Å². The number of oxime groups is 1. The van der Waals surface area contributed by atoms with Gasteiger partial charge in [-0.05, 0) is 26.0 Å². The molecule has 0 radical (unpaired) electrons. The predicted octanol–water partition coefficient (Wildman–Crippen LogP) is 5.09. The van der Waals surface area contributed by atoms with E-state index in [0.29, 0.717) is 11.4 Å². The van der Waals surface area contributed by atoms with Crippen LogP contribution in [0.1, 0.15) is 17.5 Å². The second-order valence-corrected chi connectivity index (χ2v) is 6.35. The fraction of sp³-hybridized carbons (Fsp3) is 0.105. The lowest BCUT2D eigenvalue weighted by molar-refractivity contribution is 0.166. The number of anilines is 1. The van der Waals surface area contributed by atoms with Gasteiger partial charge in [-0.2, -0.15) is 0 Å². The lowest BCUT2D eigenvalue weighted by Gasteiger charge is -2.02. The Kier molecular flexibility index (Phi) is 5.20. The summed E-state index contributed by atoms with van der Waals surface area (Å²) >= 11 is 1.52. The molecule has 0 atom stereocenters. The van der Waals surface area contributed by atoms with Gasteiger partial charge in [-0.25, -0.2) is 9.78 Å². The Morgan fingerprint density at radius 2 is 1.72 bits per heavy atom. The summed E-state index contributed by atoms with van der Waals surface area (Å²) in [7, 11) is 0. The molecule has 1 N–H and O–H groups in total. The van der Waals surface area contributed by atoms with Crippen LogP contribution < -0.4 is 5.32 Å². The number of amides is 1.